The summed E-state index contributed by atoms with van der Waals surface area (Å²) in [7, 11) is 1.59. The molecule has 8 heteroatoms. The minimum Gasteiger partial charge on any atom is -0.497 e. The topological polar surface area (TPSA) is 51.1 Å². The number of methoxy groups -OCH3 is 1. The standard InChI is InChI=1S/C25H29F3N2O3/c1-24(2,3)14-23(31)30(15-17-6-5-7-19(12-17)25(26,27)28)16-21-13-22(29-33-21)18-8-10-20(32-4)11-9-18/h5-12,21H,13-16H2,1-4H3. The Kier molecular flexibility index (Phi) is 7.34. The molecule has 5 nitrogen and oxygen atoms in total. The average molecular weight is 463 g/mol. The molecule has 3 rings (SSSR count). The normalized spacial score (nSPS) is 16.2. The van der Waals surface area contributed by atoms with Gasteiger partial charge in [-0.15, -0.1) is 0 Å². The van der Waals surface area contributed by atoms with Gasteiger partial charge in [0.1, 0.15) is 5.75 Å². The highest BCUT2D eigenvalue weighted by molar-refractivity contribution is 6.01. The van der Waals surface area contributed by atoms with Crippen molar-refractivity contribution in [2.24, 2.45) is 10.6 Å². The minimum absolute atomic E-state index is 0.0660. The maximum Gasteiger partial charge on any atom is 0.416 e. The SMILES string of the molecule is COc1ccc(C2=NOC(CN(Cc3cccc(C(F)(F)F)c3)C(=O)CC(C)(C)C)C2)cc1. The largest absolute Gasteiger partial charge is 0.497 e. The van der Waals surface area contributed by atoms with Crippen molar-refractivity contribution < 1.29 is 27.5 Å². The van der Waals surface area contributed by atoms with Gasteiger partial charge in [-0.05, 0) is 52.9 Å². The fourth-order valence-corrected chi connectivity index (χ4v) is 3.61. The van der Waals surface area contributed by atoms with Crippen molar-refractivity contribution in [1.82, 2.24) is 4.90 Å². The van der Waals surface area contributed by atoms with Gasteiger partial charge in [0, 0.05) is 19.4 Å². The minimum atomic E-state index is -4.44. The summed E-state index contributed by atoms with van der Waals surface area (Å²) in [6.45, 7) is 6.14. The van der Waals surface area contributed by atoms with Crippen molar-refractivity contribution >= 4 is 11.6 Å². The van der Waals surface area contributed by atoms with Crippen molar-refractivity contribution in [3.63, 3.8) is 0 Å². The van der Waals surface area contributed by atoms with E-state index in [0.29, 0.717) is 12.0 Å². The lowest BCUT2D eigenvalue weighted by atomic mass is 9.91. The van der Waals surface area contributed by atoms with E-state index in [1.807, 2.05) is 45.0 Å². The maximum atomic E-state index is 13.1. The van der Waals surface area contributed by atoms with Crippen LogP contribution >= 0.6 is 0 Å². The van der Waals surface area contributed by atoms with Crippen LogP contribution < -0.4 is 4.74 Å². The number of ether oxygens (including phenoxy) is 1. The van der Waals surface area contributed by atoms with Gasteiger partial charge in [-0.25, -0.2) is 0 Å². The lowest BCUT2D eigenvalue weighted by Crippen LogP contribution is -2.38. The van der Waals surface area contributed by atoms with Crippen molar-refractivity contribution in [3.05, 3.63) is 65.2 Å². The fraction of sp³-hybridized carbons (Fsp3) is 0.440. The molecule has 1 unspecified atom stereocenters. The summed E-state index contributed by atoms with van der Waals surface area (Å²) in [5.74, 6) is 0.594. The van der Waals surface area contributed by atoms with Crippen LogP contribution in [0.25, 0.3) is 0 Å². The first-order valence-corrected chi connectivity index (χ1v) is 10.8. The average Bonchev–Trinajstić information content (AvgIpc) is 3.20. The van der Waals surface area contributed by atoms with Gasteiger partial charge >= 0.3 is 6.18 Å². The van der Waals surface area contributed by atoms with Crippen LogP contribution in [-0.2, 0) is 22.4 Å². The molecular formula is C25H29F3N2O3. The van der Waals surface area contributed by atoms with E-state index >= 15 is 0 Å². The second-order valence-corrected chi connectivity index (χ2v) is 9.41. The smallest absolute Gasteiger partial charge is 0.416 e. The van der Waals surface area contributed by atoms with Gasteiger partial charge in [-0.2, -0.15) is 13.2 Å². The molecule has 0 saturated carbocycles. The number of benzene rings is 2. The van der Waals surface area contributed by atoms with Gasteiger partial charge in [0.15, 0.2) is 6.10 Å². The quantitative estimate of drug-likeness (QED) is 0.533. The van der Waals surface area contributed by atoms with E-state index in [1.165, 1.54) is 6.07 Å². The van der Waals surface area contributed by atoms with E-state index in [0.717, 1.165) is 29.2 Å². The van der Waals surface area contributed by atoms with Gasteiger partial charge in [0.05, 0.1) is 24.9 Å². The number of alkyl halides is 3. The highest BCUT2D eigenvalue weighted by atomic mass is 19.4. The van der Waals surface area contributed by atoms with Gasteiger partial charge in [0.25, 0.3) is 0 Å². The van der Waals surface area contributed by atoms with E-state index in [9.17, 15) is 18.0 Å². The van der Waals surface area contributed by atoms with Crippen LogP contribution in [0.5, 0.6) is 5.75 Å². The highest BCUT2D eigenvalue weighted by Crippen LogP contribution is 2.30. The molecule has 0 bridgehead atoms. The molecule has 33 heavy (non-hydrogen) atoms. The van der Waals surface area contributed by atoms with Gasteiger partial charge in [-0.1, -0.05) is 38.1 Å². The molecule has 2 aromatic rings. The molecule has 1 heterocycles. The number of carbonyl (C=O) groups excluding carboxylic acids is 1. The number of amides is 1. The Hall–Kier alpha value is -3.03. The molecule has 0 radical (unpaired) electrons. The Morgan fingerprint density at radius 2 is 1.85 bits per heavy atom. The first-order chi connectivity index (χ1) is 15.4. The number of halogens is 3. The van der Waals surface area contributed by atoms with Gasteiger partial charge in [0.2, 0.25) is 5.91 Å². The Morgan fingerprint density at radius 1 is 1.15 bits per heavy atom. The predicted octanol–water partition coefficient (Wildman–Crippen LogP) is 5.67. The second kappa shape index (κ2) is 9.85. The first kappa shape index (κ1) is 24.6. The van der Waals surface area contributed by atoms with E-state index < -0.39 is 11.7 Å². The van der Waals surface area contributed by atoms with Crippen LogP contribution in [-0.4, -0.2) is 36.3 Å². The van der Waals surface area contributed by atoms with E-state index in [1.54, 1.807) is 18.1 Å². The monoisotopic (exact) mass is 462 g/mol. The number of oxime groups is 1. The van der Waals surface area contributed by atoms with Crippen LogP contribution in [0.2, 0.25) is 0 Å². The van der Waals surface area contributed by atoms with Crippen molar-refractivity contribution in [3.8, 4) is 5.75 Å². The Labute approximate surface area is 192 Å². The number of hydrogen-bond donors (Lipinski definition) is 0. The van der Waals surface area contributed by atoms with Crippen LogP contribution in [0, 0.1) is 5.41 Å². The Bertz CT molecular complexity index is 995. The predicted molar refractivity (Wildman–Crippen MR) is 120 cm³/mol. The number of carbonyl (C=O) groups is 1. The summed E-state index contributed by atoms with van der Waals surface area (Å²) in [6.07, 6.45) is -4.05. The third kappa shape index (κ3) is 6.97. The van der Waals surface area contributed by atoms with E-state index in [-0.39, 0.29) is 36.9 Å². The van der Waals surface area contributed by atoms with Crippen molar-refractivity contribution in [2.45, 2.75) is 52.4 Å². The lowest BCUT2D eigenvalue weighted by molar-refractivity contribution is -0.137. The van der Waals surface area contributed by atoms with Gasteiger partial charge in [-0.3, -0.25) is 4.79 Å². The molecule has 0 fully saturated rings. The maximum absolute atomic E-state index is 13.1. The summed E-state index contributed by atoms with van der Waals surface area (Å²) < 4.78 is 44.6. The molecular weight excluding hydrogens is 433 g/mol. The summed E-state index contributed by atoms with van der Waals surface area (Å²) >= 11 is 0. The van der Waals surface area contributed by atoms with Crippen molar-refractivity contribution in [1.29, 1.82) is 0 Å². The van der Waals surface area contributed by atoms with Gasteiger partial charge < -0.3 is 14.5 Å². The third-order valence-corrected chi connectivity index (χ3v) is 5.24. The zero-order chi connectivity index (χ0) is 24.2. The molecule has 0 saturated heterocycles. The molecule has 1 aliphatic heterocycles. The molecule has 0 aromatic heterocycles. The Balaban J connectivity index is 1.73. The Morgan fingerprint density at radius 3 is 2.45 bits per heavy atom. The summed E-state index contributed by atoms with van der Waals surface area (Å²) in [5, 5.41) is 4.17. The van der Waals surface area contributed by atoms with Crippen LogP contribution in [0.3, 0.4) is 0 Å². The zero-order valence-electron chi connectivity index (χ0n) is 19.3. The fourth-order valence-electron chi connectivity index (χ4n) is 3.61. The zero-order valence-corrected chi connectivity index (χ0v) is 19.3. The van der Waals surface area contributed by atoms with Crippen molar-refractivity contribution in [2.75, 3.05) is 13.7 Å². The second-order valence-electron chi connectivity index (χ2n) is 9.41. The molecule has 178 valence electrons. The van der Waals surface area contributed by atoms with E-state index in [2.05, 4.69) is 5.16 Å². The van der Waals surface area contributed by atoms with Crippen LogP contribution in [0.15, 0.2) is 53.7 Å². The molecule has 1 amide bonds. The molecule has 1 aliphatic rings. The third-order valence-electron chi connectivity index (χ3n) is 5.24. The molecule has 0 spiro atoms. The number of nitrogens with zero attached hydrogens (tertiary/aromatic N) is 2. The number of hydrogen-bond acceptors (Lipinski definition) is 4. The van der Waals surface area contributed by atoms with E-state index in [4.69, 9.17) is 9.57 Å². The summed E-state index contributed by atoms with van der Waals surface area (Å²) in [6, 6.07) is 12.5. The molecule has 0 N–H and O–H groups in total. The number of rotatable bonds is 7. The van der Waals surface area contributed by atoms with Crippen LogP contribution in [0.1, 0.15) is 50.3 Å². The lowest BCUT2D eigenvalue weighted by Gasteiger charge is -2.28. The highest BCUT2D eigenvalue weighted by Gasteiger charge is 2.32. The summed E-state index contributed by atoms with van der Waals surface area (Å²) in [5.41, 5.74) is 1.07. The molecule has 2 aromatic carbocycles. The summed E-state index contributed by atoms with van der Waals surface area (Å²) in [4.78, 5) is 20.2. The first-order valence-electron chi connectivity index (χ1n) is 10.8. The molecule has 0 aliphatic carbocycles. The molecule has 1 atom stereocenters. The van der Waals surface area contributed by atoms with Crippen LogP contribution in [0.4, 0.5) is 13.2 Å².